The minimum atomic E-state index is -0.723. The van der Waals surface area contributed by atoms with Gasteiger partial charge in [0, 0.05) is 6.54 Å². The minimum absolute atomic E-state index is 0.0640. The standard InChI is InChI=1S/C21H25FN2O2/c1-14(2)19(24-20(25)17-10-6-7-11-18(17)22)21(26)23-13-12-16-9-5-4-8-15(16)3/h4-11,14,19H,12-13H2,1-3H3,(H,23,26)(H,24,25)/t19-/m0/s1. The molecule has 0 aromatic heterocycles. The van der Waals surface area contributed by atoms with Crippen LogP contribution in [0.5, 0.6) is 0 Å². The fourth-order valence-corrected chi connectivity index (χ4v) is 2.72. The van der Waals surface area contributed by atoms with Crippen LogP contribution in [0, 0.1) is 18.7 Å². The molecule has 0 spiro atoms. The molecule has 1 atom stereocenters. The van der Waals surface area contributed by atoms with Crippen molar-refractivity contribution in [2.45, 2.75) is 33.2 Å². The Bertz CT molecular complexity index is 774. The van der Waals surface area contributed by atoms with Gasteiger partial charge in [0.25, 0.3) is 5.91 Å². The van der Waals surface area contributed by atoms with Gasteiger partial charge in [0.15, 0.2) is 0 Å². The number of halogens is 1. The van der Waals surface area contributed by atoms with Gasteiger partial charge in [0.2, 0.25) is 5.91 Å². The van der Waals surface area contributed by atoms with E-state index in [1.165, 1.54) is 29.3 Å². The number of rotatable bonds is 7. The van der Waals surface area contributed by atoms with Gasteiger partial charge in [-0.25, -0.2) is 4.39 Å². The molecule has 0 saturated heterocycles. The summed E-state index contributed by atoms with van der Waals surface area (Å²) in [4.78, 5) is 24.8. The number of amides is 2. The second kappa shape index (κ2) is 9.13. The first-order valence-corrected chi connectivity index (χ1v) is 8.77. The van der Waals surface area contributed by atoms with Crippen molar-refractivity contribution in [2.24, 2.45) is 5.92 Å². The van der Waals surface area contributed by atoms with Crippen LogP contribution in [0.15, 0.2) is 48.5 Å². The van der Waals surface area contributed by atoms with Gasteiger partial charge in [-0.3, -0.25) is 9.59 Å². The molecular formula is C21H25FN2O2. The minimum Gasteiger partial charge on any atom is -0.354 e. The maximum absolute atomic E-state index is 13.8. The number of hydrogen-bond donors (Lipinski definition) is 2. The van der Waals surface area contributed by atoms with E-state index in [9.17, 15) is 14.0 Å². The highest BCUT2D eigenvalue weighted by Gasteiger charge is 2.25. The Morgan fingerprint density at radius 1 is 1.04 bits per heavy atom. The summed E-state index contributed by atoms with van der Waals surface area (Å²) in [6.45, 7) is 6.19. The van der Waals surface area contributed by atoms with E-state index in [1.807, 2.05) is 45.0 Å². The fraction of sp³-hybridized carbons (Fsp3) is 0.333. The Labute approximate surface area is 153 Å². The van der Waals surface area contributed by atoms with Crippen molar-refractivity contribution < 1.29 is 14.0 Å². The molecule has 0 bridgehead atoms. The third kappa shape index (κ3) is 5.15. The van der Waals surface area contributed by atoms with E-state index in [-0.39, 0.29) is 17.4 Å². The molecule has 0 aliphatic carbocycles. The van der Waals surface area contributed by atoms with Gasteiger partial charge in [0.1, 0.15) is 11.9 Å². The molecule has 0 unspecified atom stereocenters. The number of hydrogen-bond acceptors (Lipinski definition) is 2. The van der Waals surface area contributed by atoms with E-state index >= 15 is 0 Å². The molecule has 2 N–H and O–H groups in total. The summed E-state index contributed by atoms with van der Waals surface area (Å²) in [5, 5.41) is 5.51. The van der Waals surface area contributed by atoms with E-state index < -0.39 is 17.8 Å². The maximum Gasteiger partial charge on any atom is 0.254 e. The number of benzene rings is 2. The van der Waals surface area contributed by atoms with Crippen molar-refractivity contribution in [3.8, 4) is 0 Å². The molecule has 2 rings (SSSR count). The largest absolute Gasteiger partial charge is 0.354 e. The normalized spacial score (nSPS) is 11.9. The number of nitrogens with one attached hydrogen (secondary N) is 2. The summed E-state index contributed by atoms with van der Waals surface area (Å²) in [7, 11) is 0. The van der Waals surface area contributed by atoms with Gasteiger partial charge in [-0.2, -0.15) is 0 Å². The first-order chi connectivity index (χ1) is 12.4. The number of carbonyl (C=O) groups is 2. The van der Waals surface area contributed by atoms with Crippen LogP contribution >= 0.6 is 0 Å². The molecule has 0 aliphatic heterocycles. The van der Waals surface area contributed by atoms with Gasteiger partial charge in [-0.05, 0) is 42.5 Å². The molecule has 138 valence electrons. The average Bonchev–Trinajstić information content (AvgIpc) is 2.61. The summed E-state index contributed by atoms with van der Waals surface area (Å²) >= 11 is 0. The van der Waals surface area contributed by atoms with Crippen molar-refractivity contribution in [1.29, 1.82) is 0 Å². The predicted octanol–water partition coefficient (Wildman–Crippen LogP) is 3.25. The zero-order valence-electron chi connectivity index (χ0n) is 15.4. The third-order valence-corrected chi connectivity index (χ3v) is 4.31. The molecule has 0 fully saturated rings. The lowest BCUT2D eigenvalue weighted by molar-refractivity contribution is -0.123. The van der Waals surface area contributed by atoms with E-state index in [1.54, 1.807) is 6.07 Å². The zero-order chi connectivity index (χ0) is 19.1. The van der Waals surface area contributed by atoms with E-state index in [4.69, 9.17) is 0 Å². The Morgan fingerprint density at radius 3 is 2.35 bits per heavy atom. The highest BCUT2D eigenvalue weighted by atomic mass is 19.1. The molecule has 26 heavy (non-hydrogen) atoms. The monoisotopic (exact) mass is 356 g/mol. The average molecular weight is 356 g/mol. The first kappa shape index (κ1) is 19.6. The Hall–Kier alpha value is -2.69. The van der Waals surface area contributed by atoms with Gasteiger partial charge < -0.3 is 10.6 Å². The molecule has 4 nitrogen and oxygen atoms in total. The van der Waals surface area contributed by atoms with Crippen LogP contribution in [-0.4, -0.2) is 24.4 Å². The molecule has 5 heteroatoms. The summed E-state index contributed by atoms with van der Waals surface area (Å²) in [6.07, 6.45) is 0.713. The molecule has 2 aromatic rings. The zero-order valence-corrected chi connectivity index (χ0v) is 15.4. The Kier molecular flexibility index (Phi) is 6.89. The highest BCUT2D eigenvalue weighted by molar-refractivity contribution is 5.97. The topological polar surface area (TPSA) is 58.2 Å². The van der Waals surface area contributed by atoms with Crippen molar-refractivity contribution in [3.63, 3.8) is 0 Å². The molecule has 0 radical (unpaired) electrons. The lowest BCUT2D eigenvalue weighted by atomic mass is 10.0. The summed E-state index contributed by atoms with van der Waals surface area (Å²) in [5.41, 5.74) is 2.28. The van der Waals surface area contributed by atoms with Crippen LogP contribution in [-0.2, 0) is 11.2 Å². The number of carbonyl (C=O) groups excluding carboxylic acids is 2. The van der Waals surface area contributed by atoms with Crippen molar-refractivity contribution in [3.05, 3.63) is 71.0 Å². The Morgan fingerprint density at radius 2 is 1.69 bits per heavy atom. The lowest BCUT2D eigenvalue weighted by Crippen LogP contribution is -2.50. The van der Waals surface area contributed by atoms with E-state index in [0.717, 1.165) is 0 Å². The van der Waals surface area contributed by atoms with Crippen LogP contribution in [0.1, 0.15) is 35.3 Å². The molecule has 0 saturated carbocycles. The van der Waals surface area contributed by atoms with Crippen LogP contribution < -0.4 is 10.6 Å². The lowest BCUT2D eigenvalue weighted by Gasteiger charge is -2.22. The van der Waals surface area contributed by atoms with Gasteiger partial charge >= 0.3 is 0 Å². The first-order valence-electron chi connectivity index (χ1n) is 8.77. The fourth-order valence-electron chi connectivity index (χ4n) is 2.72. The van der Waals surface area contributed by atoms with Crippen LogP contribution in [0.3, 0.4) is 0 Å². The smallest absolute Gasteiger partial charge is 0.254 e. The van der Waals surface area contributed by atoms with Crippen molar-refractivity contribution in [1.82, 2.24) is 10.6 Å². The van der Waals surface area contributed by atoms with Crippen LogP contribution in [0.4, 0.5) is 4.39 Å². The van der Waals surface area contributed by atoms with Crippen molar-refractivity contribution >= 4 is 11.8 Å². The third-order valence-electron chi connectivity index (χ3n) is 4.31. The molecular weight excluding hydrogens is 331 g/mol. The molecule has 2 aromatic carbocycles. The van der Waals surface area contributed by atoms with E-state index in [2.05, 4.69) is 10.6 Å². The second-order valence-electron chi connectivity index (χ2n) is 6.64. The number of aryl methyl sites for hydroxylation is 1. The summed E-state index contributed by atoms with van der Waals surface area (Å²) < 4.78 is 13.8. The maximum atomic E-state index is 13.8. The quantitative estimate of drug-likeness (QED) is 0.800. The molecule has 0 aliphatic rings. The second-order valence-corrected chi connectivity index (χ2v) is 6.64. The van der Waals surface area contributed by atoms with E-state index in [0.29, 0.717) is 13.0 Å². The van der Waals surface area contributed by atoms with Crippen molar-refractivity contribution in [2.75, 3.05) is 6.54 Å². The predicted molar refractivity (Wildman–Crippen MR) is 100 cm³/mol. The SMILES string of the molecule is Cc1ccccc1CCNC(=O)[C@@H](NC(=O)c1ccccc1F)C(C)C. The van der Waals surface area contributed by atoms with Crippen LogP contribution in [0.25, 0.3) is 0 Å². The summed E-state index contributed by atoms with van der Waals surface area (Å²) in [6, 6.07) is 13.0. The molecule has 2 amide bonds. The highest BCUT2D eigenvalue weighted by Crippen LogP contribution is 2.10. The Balaban J connectivity index is 1.96. The summed E-state index contributed by atoms with van der Waals surface area (Å²) in [5.74, 6) is -1.58. The van der Waals surface area contributed by atoms with Gasteiger partial charge in [-0.15, -0.1) is 0 Å². The van der Waals surface area contributed by atoms with Gasteiger partial charge in [0.05, 0.1) is 5.56 Å². The van der Waals surface area contributed by atoms with Gasteiger partial charge in [-0.1, -0.05) is 50.2 Å². The van der Waals surface area contributed by atoms with Crippen LogP contribution in [0.2, 0.25) is 0 Å². The molecule has 0 heterocycles.